The fraction of sp³-hybridized carbons (Fsp3) is 0.250. The summed E-state index contributed by atoms with van der Waals surface area (Å²) in [6, 6.07) is 10.0. The Morgan fingerprint density at radius 1 is 1.19 bits per heavy atom. The fourth-order valence-corrected chi connectivity index (χ4v) is 1.58. The SMILES string of the molecule is C=CC(C#Cc1ccccc1)=C(CC)CC. The van der Waals surface area contributed by atoms with E-state index in [1.165, 1.54) is 5.57 Å². The van der Waals surface area contributed by atoms with Crippen molar-refractivity contribution in [1.29, 1.82) is 0 Å². The van der Waals surface area contributed by atoms with Crippen LogP contribution < -0.4 is 0 Å². The molecule has 0 aliphatic rings. The van der Waals surface area contributed by atoms with Crippen LogP contribution in [-0.2, 0) is 0 Å². The molecule has 0 N–H and O–H groups in total. The van der Waals surface area contributed by atoms with Gasteiger partial charge in [-0.05, 0) is 25.0 Å². The van der Waals surface area contributed by atoms with Gasteiger partial charge in [-0.2, -0.15) is 0 Å². The minimum absolute atomic E-state index is 1.04. The lowest BCUT2D eigenvalue weighted by Crippen LogP contribution is -1.85. The molecular formula is C16H18. The van der Waals surface area contributed by atoms with E-state index in [9.17, 15) is 0 Å². The smallest absolute Gasteiger partial charge is 0.0249 e. The Morgan fingerprint density at radius 3 is 2.31 bits per heavy atom. The van der Waals surface area contributed by atoms with E-state index in [2.05, 4.69) is 32.3 Å². The Morgan fingerprint density at radius 2 is 1.81 bits per heavy atom. The van der Waals surface area contributed by atoms with Gasteiger partial charge in [0.15, 0.2) is 0 Å². The molecule has 1 aromatic rings. The second kappa shape index (κ2) is 6.69. The molecule has 0 aromatic heterocycles. The van der Waals surface area contributed by atoms with Crippen molar-refractivity contribution in [2.45, 2.75) is 26.7 Å². The van der Waals surface area contributed by atoms with E-state index in [-0.39, 0.29) is 0 Å². The van der Waals surface area contributed by atoms with Gasteiger partial charge in [0.05, 0.1) is 0 Å². The zero-order chi connectivity index (χ0) is 11.8. The Balaban J connectivity index is 2.99. The highest BCUT2D eigenvalue weighted by atomic mass is 14.0. The summed E-state index contributed by atoms with van der Waals surface area (Å²) in [6.07, 6.45) is 3.95. The summed E-state index contributed by atoms with van der Waals surface area (Å²) in [4.78, 5) is 0. The molecule has 0 aliphatic carbocycles. The highest BCUT2D eigenvalue weighted by Crippen LogP contribution is 2.13. The van der Waals surface area contributed by atoms with E-state index in [1.807, 2.05) is 36.4 Å². The predicted molar refractivity (Wildman–Crippen MR) is 71.1 cm³/mol. The largest absolute Gasteiger partial charge is 0.0978 e. The Bertz CT molecular complexity index is 418. The monoisotopic (exact) mass is 210 g/mol. The molecule has 0 fully saturated rings. The van der Waals surface area contributed by atoms with Gasteiger partial charge >= 0.3 is 0 Å². The van der Waals surface area contributed by atoms with Crippen LogP contribution >= 0.6 is 0 Å². The summed E-state index contributed by atoms with van der Waals surface area (Å²) in [7, 11) is 0. The summed E-state index contributed by atoms with van der Waals surface area (Å²) in [6.45, 7) is 8.15. The molecule has 0 saturated carbocycles. The lowest BCUT2D eigenvalue weighted by molar-refractivity contribution is 0.968. The van der Waals surface area contributed by atoms with Crippen molar-refractivity contribution >= 4 is 0 Å². The van der Waals surface area contributed by atoms with Crippen LogP contribution in [0, 0.1) is 11.8 Å². The third-order valence-electron chi connectivity index (χ3n) is 2.55. The average molecular weight is 210 g/mol. The van der Waals surface area contributed by atoms with Crippen molar-refractivity contribution in [3.63, 3.8) is 0 Å². The number of hydrogen-bond acceptors (Lipinski definition) is 0. The first-order valence-electron chi connectivity index (χ1n) is 5.73. The van der Waals surface area contributed by atoms with Crippen LogP contribution in [0.4, 0.5) is 0 Å². The summed E-state index contributed by atoms with van der Waals surface area (Å²) in [5, 5.41) is 0. The van der Waals surface area contributed by atoms with Gasteiger partial charge in [0.25, 0.3) is 0 Å². The van der Waals surface area contributed by atoms with Crippen LogP contribution in [0.3, 0.4) is 0 Å². The summed E-state index contributed by atoms with van der Waals surface area (Å²) < 4.78 is 0. The third-order valence-corrected chi connectivity index (χ3v) is 2.55. The quantitative estimate of drug-likeness (QED) is 0.514. The fourth-order valence-electron chi connectivity index (χ4n) is 1.58. The van der Waals surface area contributed by atoms with Crippen LogP contribution in [0.2, 0.25) is 0 Å². The highest BCUT2D eigenvalue weighted by Gasteiger charge is 1.96. The van der Waals surface area contributed by atoms with E-state index in [0.29, 0.717) is 0 Å². The van der Waals surface area contributed by atoms with Gasteiger partial charge in [-0.15, -0.1) is 0 Å². The van der Waals surface area contributed by atoms with Crippen LogP contribution in [-0.4, -0.2) is 0 Å². The normalized spacial score (nSPS) is 8.88. The molecule has 1 rings (SSSR count). The maximum absolute atomic E-state index is 3.83. The van der Waals surface area contributed by atoms with Crippen LogP contribution in [0.1, 0.15) is 32.3 Å². The summed E-state index contributed by atoms with van der Waals surface area (Å²) >= 11 is 0. The Labute approximate surface area is 98.7 Å². The Kier molecular flexibility index (Phi) is 5.16. The molecule has 0 spiro atoms. The van der Waals surface area contributed by atoms with Gasteiger partial charge in [-0.3, -0.25) is 0 Å². The molecule has 0 aliphatic heterocycles. The molecule has 0 unspecified atom stereocenters. The van der Waals surface area contributed by atoms with Crippen molar-refractivity contribution in [2.75, 3.05) is 0 Å². The van der Waals surface area contributed by atoms with Crippen LogP contribution in [0.5, 0.6) is 0 Å². The zero-order valence-corrected chi connectivity index (χ0v) is 10.1. The van der Waals surface area contributed by atoms with Gasteiger partial charge in [0, 0.05) is 11.1 Å². The van der Waals surface area contributed by atoms with Crippen LogP contribution in [0.25, 0.3) is 0 Å². The second-order valence-corrected chi connectivity index (χ2v) is 3.54. The van der Waals surface area contributed by atoms with E-state index in [0.717, 1.165) is 24.0 Å². The molecule has 0 radical (unpaired) electrons. The van der Waals surface area contributed by atoms with Gasteiger partial charge in [-0.1, -0.05) is 62.1 Å². The third kappa shape index (κ3) is 3.44. The van der Waals surface area contributed by atoms with E-state index in [4.69, 9.17) is 0 Å². The average Bonchev–Trinajstić information content (AvgIpc) is 2.35. The van der Waals surface area contributed by atoms with Crippen molar-refractivity contribution in [2.24, 2.45) is 0 Å². The topological polar surface area (TPSA) is 0 Å². The van der Waals surface area contributed by atoms with Crippen molar-refractivity contribution in [1.82, 2.24) is 0 Å². The first kappa shape index (κ1) is 12.3. The predicted octanol–water partition coefficient (Wildman–Crippen LogP) is 4.34. The number of rotatable bonds is 3. The molecule has 1 aromatic carbocycles. The van der Waals surface area contributed by atoms with Crippen molar-refractivity contribution < 1.29 is 0 Å². The number of benzene rings is 1. The molecule has 82 valence electrons. The lowest BCUT2D eigenvalue weighted by Gasteiger charge is -2.01. The minimum atomic E-state index is 1.04. The standard InChI is InChI=1S/C16H18/c1-4-15(5-2)16(6-3)13-12-14-10-8-7-9-11-14/h6-11H,3-5H2,1-2H3. The second-order valence-electron chi connectivity index (χ2n) is 3.54. The van der Waals surface area contributed by atoms with Crippen LogP contribution in [0.15, 0.2) is 54.1 Å². The van der Waals surface area contributed by atoms with E-state index >= 15 is 0 Å². The molecule has 0 nitrogen and oxygen atoms in total. The first-order valence-corrected chi connectivity index (χ1v) is 5.73. The molecule has 0 saturated heterocycles. The zero-order valence-electron chi connectivity index (χ0n) is 10.1. The van der Waals surface area contributed by atoms with Crippen molar-refractivity contribution in [3.8, 4) is 11.8 Å². The molecule has 0 atom stereocenters. The van der Waals surface area contributed by atoms with Gasteiger partial charge in [0.2, 0.25) is 0 Å². The van der Waals surface area contributed by atoms with Gasteiger partial charge in [0.1, 0.15) is 0 Å². The van der Waals surface area contributed by atoms with Crippen molar-refractivity contribution in [3.05, 3.63) is 59.7 Å². The summed E-state index contributed by atoms with van der Waals surface area (Å²) in [5.41, 5.74) is 3.50. The molecule has 0 bridgehead atoms. The molecule has 0 amide bonds. The van der Waals surface area contributed by atoms with Gasteiger partial charge in [-0.25, -0.2) is 0 Å². The Hall–Kier alpha value is -1.74. The minimum Gasteiger partial charge on any atom is -0.0978 e. The lowest BCUT2D eigenvalue weighted by atomic mass is 10.0. The molecule has 0 heteroatoms. The van der Waals surface area contributed by atoms with E-state index in [1.54, 1.807) is 0 Å². The number of allylic oxidation sites excluding steroid dienone is 3. The molecular weight excluding hydrogens is 192 g/mol. The maximum Gasteiger partial charge on any atom is 0.0249 e. The maximum atomic E-state index is 3.83. The van der Waals surface area contributed by atoms with Gasteiger partial charge < -0.3 is 0 Å². The summed E-state index contributed by atoms with van der Waals surface area (Å²) in [5.74, 6) is 6.36. The molecule has 16 heavy (non-hydrogen) atoms. The highest BCUT2D eigenvalue weighted by molar-refractivity contribution is 5.46. The van der Waals surface area contributed by atoms with E-state index < -0.39 is 0 Å². The molecule has 0 heterocycles. The first-order chi connectivity index (χ1) is 7.81. The number of hydrogen-bond donors (Lipinski definition) is 0.